The molecule has 1 atom stereocenters. The second-order valence-corrected chi connectivity index (χ2v) is 4.67. The largest absolute Gasteiger partial charge is 0.389 e. The molecule has 1 N–H and O–H groups in total. The van der Waals surface area contributed by atoms with Crippen LogP contribution < -0.4 is 0 Å². The van der Waals surface area contributed by atoms with Gasteiger partial charge in [-0.2, -0.15) is 0 Å². The number of benzene rings is 2. The first kappa shape index (κ1) is 12.9. The van der Waals surface area contributed by atoms with E-state index in [0.717, 1.165) is 21.7 Å². The van der Waals surface area contributed by atoms with Gasteiger partial charge in [0.15, 0.2) is 0 Å². The summed E-state index contributed by atoms with van der Waals surface area (Å²) in [7, 11) is 0. The molecule has 2 heteroatoms. The van der Waals surface area contributed by atoms with Crippen molar-refractivity contribution >= 4 is 17.7 Å². The van der Waals surface area contributed by atoms with Gasteiger partial charge in [0, 0.05) is 5.02 Å². The quantitative estimate of drug-likeness (QED) is 0.865. The van der Waals surface area contributed by atoms with Gasteiger partial charge in [-0.25, -0.2) is 0 Å². The monoisotopic (exact) mass is 258 g/mol. The number of aliphatic hydroxyl groups is 1. The van der Waals surface area contributed by atoms with E-state index in [1.807, 2.05) is 42.5 Å². The lowest BCUT2D eigenvalue weighted by Gasteiger charge is -2.03. The van der Waals surface area contributed by atoms with Crippen molar-refractivity contribution in [3.05, 3.63) is 65.2 Å². The topological polar surface area (TPSA) is 20.2 Å². The van der Waals surface area contributed by atoms with Crippen LogP contribution >= 0.6 is 11.6 Å². The molecule has 0 radical (unpaired) electrons. The molecule has 0 heterocycles. The van der Waals surface area contributed by atoms with E-state index in [1.165, 1.54) is 0 Å². The van der Waals surface area contributed by atoms with Crippen LogP contribution in [0.1, 0.15) is 12.5 Å². The van der Waals surface area contributed by atoms with Gasteiger partial charge in [0.25, 0.3) is 0 Å². The van der Waals surface area contributed by atoms with Crippen LogP contribution in [0.2, 0.25) is 5.02 Å². The van der Waals surface area contributed by atoms with Crippen molar-refractivity contribution in [2.24, 2.45) is 0 Å². The van der Waals surface area contributed by atoms with Crippen LogP contribution in [0.25, 0.3) is 17.2 Å². The van der Waals surface area contributed by atoms with Crippen LogP contribution in [0.5, 0.6) is 0 Å². The summed E-state index contributed by atoms with van der Waals surface area (Å²) in [6.07, 6.45) is 3.26. The van der Waals surface area contributed by atoms with Gasteiger partial charge in [0.2, 0.25) is 0 Å². The van der Waals surface area contributed by atoms with Gasteiger partial charge >= 0.3 is 0 Å². The normalized spacial score (nSPS) is 12.8. The minimum absolute atomic E-state index is 0.427. The Balaban J connectivity index is 2.29. The summed E-state index contributed by atoms with van der Waals surface area (Å²) in [6, 6.07) is 15.9. The first-order valence-corrected chi connectivity index (χ1v) is 6.25. The van der Waals surface area contributed by atoms with E-state index in [4.69, 9.17) is 11.6 Å². The van der Waals surface area contributed by atoms with Gasteiger partial charge in [0.1, 0.15) is 0 Å². The van der Waals surface area contributed by atoms with E-state index >= 15 is 0 Å². The average molecular weight is 259 g/mol. The van der Waals surface area contributed by atoms with Gasteiger partial charge in [-0.3, -0.25) is 0 Å². The third-order valence-electron chi connectivity index (χ3n) is 2.63. The van der Waals surface area contributed by atoms with E-state index in [9.17, 15) is 5.11 Å². The highest BCUT2D eigenvalue weighted by molar-refractivity contribution is 6.30. The van der Waals surface area contributed by atoms with Crippen molar-refractivity contribution in [1.82, 2.24) is 0 Å². The zero-order chi connectivity index (χ0) is 13.0. The minimum Gasteiger partial charge on any atom is -0.389 e. The van der Waals surface area contributed by atoms with E-state index < -0.39 is 6.10 Å². The lowest BCUT2D eigenvalue weighted by atomic mass is 10.0. The molecule has 0 spiro atoms. The third kappa shape index (κ3) is 3.46. The fourth-order valence-electron chi connectivity index (χ4n) is 1.71. The van der Waals surface area contributed by atoms with Gasteiger partial charge < -0.3 is 5.11 Å². The molecule has 1 nitrogen and oxygen atoms in total. The molecule has 0 bridgehead atoms. The highest BCUT2D eigenvalue weighted by Gasteiger charge is 1.98. The molecule has 2 rings (SSSR count). The Kier molecular flexibility index (Phi) is 4.19. The fourth-order valence-corrected chi connectivity index (χ4v) is 1.84. The van der Waals surface area contributed by atoms with Gasteiger partial charge in [0.05, 0.1) is 6.10 Å². The van der Waals surface area contributed by atoms with Crippen molar-refractivity contribution in [2.75, 3.05) is 0 Å². The molecular weight excluding hydrogens is 244 g/mol. The average Bonchev–Trinajstić information content (AvgIpc) is 2.37. The number of halogens is 1. The van der Waals surface area contributed by atoms with E-state index in [2.05, 4.69) is 12.1 Å². The summed E-state index contributed by atoms with van der Waals surface area (Å²) in [6.45, 7) is 1.74. The molecular formula is C16H15ClO. The molecule has 0 saturated heterocycles. The lowest BCUT2D eigenvalue weighted by molar-refractivity contribution is 0.245. The Bertz CT molecular complexity index is 541. The lowest BCUT2D eigenvalue weighted by Crippen LogP contribution is -1.91. The molecule has 0 unspecified atom stereocenters. The molecule has 0 amide bonds. The molecule has 2 aromatic carbocycles. The maximum atomic E-state index is 9.23. The molecule has 92 valence electrons. The minimum atomic E-state index is -0.427. The second-order valence-electron chi connectivity index (χ2n) is 4.23. The molecule has 0 saturated carbocycles. The molecule has 0 aliphatic carbocycles. The van der Waals surface area contributed by atoms with Gasteiger partial charge in [-0.15, -0.1) is 0 Å². The molecule has 0 aromatic heterocycles. The Labute approximate surface area is 112 Å². The predicted octanol–water partition coefficient (Wildman–Crippen LogP) is 4.40. The Morgan fingerprint density at radius 1 is 1.06 bits per heavy atom. The third-order valence-corrected chi connectivity index (χ3v) is 2.88. The highest BCUT2D eigenvalue weighted by Crippen LogP contribution is 2.22. The summed E-state index contributed by atoms with van der Waals surface area (Å²) in [5.41, 5.74) is 3.34. The second kappa shape index (κ2) is 5.85. The SMILES string of the molecule is C[C@H](O)C=Cc1cccc(-c2ccc(Cl)cc2)c1. The first-order valence-electron chi connectivity index (χ1n) is 5.87. The zero-order valence-electron chi connectivity index (χ0n) is 10.2. The van der Waals surface area contributed by atoms with Crippen LogP contribution in [-0.2, 0) is 0 Å². The smallest absolute Gasteiger partial charge is 0.0696 e. The fraction of sp³-hybridized carbons (Fsp3) is 0.125. The van der Waals surface area contributed by atoms with Gasteiger partial charge in [-0.05, 0) is 41.8 Å². The summed E-state index contributed by atoms with van der Waals surface area (Å²) >= 11 is 5.88. The Morgan fingerprint density at radius 3 is 2.44 bits per heavy atom. The Hall–Kier alpha value is -1.57. The van der Waals surface area contributed by atoms with Crippen molar-refractivity contribution < 1.29 is 5.11 Å². The van der Waals surface area contributed by atoms with E-state index in [0.29, 0.717) is 0 Å². The van der Waals surface area contributed by atoms with E-state index in [-0.39, 0.29) is 0 Å². The highest BCUT2D eigenvalue weighted by atomic mass is 35.5. The maximum Gasteiger partial charge on any atom is 0.0696 e. The van der Waals surface area contributed by atoms with Gasteiger partial charge in [-0.1, -0.05) is 54.1 Å². The van der Waals surface area contributed by atoms with Crippen LogP contribution in [0.15, 0.2) is 54.6 Å². The van der Waals surface area contributed by atoms with Crippen molar-refractivity contribution in [2.45, 2.75) is 13.0 Å². The molecule has 2 aromatic rings. The molecule has 0 fully saturated rings. The number of aliphatic hydroxyl groups excluding tert-OH is 1. The standard InChI is InChI=1S/C16H15ClO/c1-12(18)5-6-13-3-2-4-15(11-13)14-7-9-16(17)10-8-14/h2-12,18H,1H3/t12-/m0/s1. The van der Waals surface area contributed by atoms with Crippen molar-refractivity contribution in [3.63, 3.8) is 0 Å². The number of rotatable bonds is 3. The number of hydrogen-bond donors (Lipinski definition) is 1. The van der Waals surface area contributed by atoms with Crippen LogP contribution in [-0.4, -0.2) is 11.2 Å². The van der Waals surface area contributed by atoms with Crippen molar-refractivity contribution in [3.8, 4) is 11.1 Å². The van der Waals surface area contributed by atoms with Crippen LogP contribution in [0.3, 0.4) is 0 Å². The van der Waals surface area contributed by atoms with E-state index in [1.54, 1.807) is 13.0 Å². The first-order chi connectivity index (χ1) is 8.65. The maximum absolute atomic E-state index is 9.23. The molecule has 0 aliphatic rings. The zero-order valence-corrected chi connectivity index (χ0v) is 10.9. The summed E-state index contributed by atoms with van der Waals surface area (Å²) in [5.74, 6) is 0. The summed E-state index contributed by atoms with van der Waals surface area (Å²) < 4.78 is 0. The Morgan fingerprint density at radius 2 is 1.78 bits per heavy atom. The summed E-state index contributed by atoms with van der Waals surface area (Å²) in [5, 5.41) is 9.97. The number of hydrogen-bond acceptors (Lipinski definition) is 1. The van der Waals surface area contributed by atoms with Crippen LogP contribution in [0.4, 0.5) is 0 Å². The molecule has 0 aliphatic heterocycles. The van der Waals surface area contributed by atoms with Crippen LogP contribution in [0, 0.1) is 0 Å². The summed E-state index contributed by atoms with van der Waals surface area (Å²) in [4.78, 5) is 0. The van der Waals surface area contributed by atoms with Crippen molar-refractivity contribution in [1.29, 1.82) is 0 Å². The molecule has 18 heavy (non-hydrogen) atoms. The predicted molar refractivity (Wildman–Crippen MR) is 77.6 cm³/mol.